The first-order chi connectivity index (χ1) is 17.7. The average Bonchev–Trinajstić information content (AvgIpc) is 2.89. The fourth-order valence-corrected chi connectivity index (χ4v) is 5.03. The van der Waals surface area contributed by atoms with Gasteiger partial charge in [0.2, 0.25) is 21.8 Å². The van der Waals surface area contributed by atoms with E-state index in [0.29, 0.717) is 18.7 Å². The summed E-state index contributed by atoms with van der Waals surface area (Å²) in [5, 5.41) is 2.93. The molecule has 1 N–H and O–H groups in total. The summed E-state index contributed by atoms with van der Waals surface area (Å²) in [6.45, 7) is 2.16. The third kappa shape index (κ3) is 8.43. The summed E-state index contributed by atoms with van der Waals surface area (Å²) in [4.78, 5) is 28.8. The van der Waals surface area contributed by atoms with E-state index in [0.717, 1.165) is 32.6 Å². The molecule has 0 fully saturated rings. The molecule has 0 saturated carbocycles. The van der Waals surface area contributed by atoms with E-state index in [2.05, 4.69) is 21.2 Å². The van der Waals surface area contributed by atoms with E-state index in [1.54, 1.807) is 30.3 Å². The second-order valence-electron chi connectivity index (χ2n) is 8.75. The second-order valence-corrected chi connectivity index (χ2v) is 11.6. The minimum atomic E-state index is -3.76. The third-order valence-electron chi connectivity index (χ3n) is 5.81. The van der Waals surface area contributed by atoms with Gasteiger partial charge in [0.15, 0.2) is 0 Å². The number of amides is 2. The molecule has 0 bridgehead atoms. The van der Waals surface area contributed by atoms with Crippen LogP contribution in [0.4, 0.5) is 5.69 Å². The van der Waals surface area contributed by atoms with Crippen molar-refractivity contribution in [3.05, 3.63) is 101 Å². The topological polar surface area (TPSA) is 86.8 Å². The van der Waals surface area contributed by atoms with Crippen molar-refractivity contribution in [2.24, 2.45) is 0 Å². The highest BCUT2D eigenvalue weighted by Crippen LogP contribution is 2.20. The number of nitrogens with zero attached hydrogens (tertiary/aromatic N) is 2. The summed E-state index contributed by atoms with van der Waals surface area (Å²) in [7, 11) is -3.76. The molecule has 2 amide bonds. The van der Waals surface area contributed by atoms with Crippen LogP contribution < -0.4 is 9.62 Å². The smallest absolute Gasteiger partial charge is 0.244 e. The number of carbonyl (C=O) groups excluding carboxylic acids is 2. The Morgan fingerprint density at radius 3 is 2.05 bits per heavy atom. The van der Waals surface area contributed by atoms with Crippen LogP contribution in [0.25, 0.3) is 0 Å². The summed E-state index contributed by atoms with van der Waals surface area (Å²) >= 11 is 3.43. The van der Waals surface area contributed by atoms with Crippen LogP contribution in [0, 0.1) is 0 Å². The first-order valence-electron chi connectivity index (χ1n) is 12.1. The van der Waals surface area contributed by atoms with E-state index >= 15 is 0 Å². The van der Waals surface area contributed by atoms with Crippen molar-refractivity contribution >= 4 is 43.5 Å². The van der Waals surface area contributed by atoms with Crippen molar-refractivity contribution in [1.82, 2.24) is 10.2 Å². The van der Waals surface area contributed by atoms with Crippen molar-refractivity contribution in [3.63, 3.8) is 0 Å². The van der Waals surface area contributed by atoms with Crippen molar-refractivity contribution < 1.29 is 18.0 Å². The molecule has 9 heteroatoms. The van der Waals surface area contributed by atoms with Gasteiger partial charge in [-0.2, -0.15) is 0 Å². The SMILES string of the molecule is CCCNC(=O)C(Cc1ccccc1)N(Cc1ccc(Br)cc1)C(=O)CN(c1ccccc1)S(C)(=O)=O. The van der Waals surface area contributed by atoms with Crippen LogP contribution in [0.2, 0.25) is 0 Å². The second kappa shape index (κ2) is 13.4. The molecule has 1 unspecified atom stereocenters. The highest BCUT2D eigenvalue weighted by molar-refractivity contribution is 9.10. The lowest BCUT2D eigenvalue weighted by molar-refractivity contribution is -0.140. The molecule has 3 rings (SSSR count). The largest absolute Gasteiger partial charge is 0.354 e. The van der Waals surface area contributed by atoms with E-state index in [1.165, 1.54) is 4.90 Å². The van der Waals surface area contributed by atoms with Crippen molar-refractivity contribution in [1.29, 1.82) is 0 Å². The van der Waals surface area contributed by atoms with Crippen molar-refractivity contribution in [3.8, 4) is 0 Å². The van der Waals surface area contributed by atoms with Crippen molar-refractivity contribution in [2.45, 2.75) is 32.4 Å². The number of hydrogen-bond donors (Lipinski definition) is 1. The molecule has 7 nitrogen and oxygen atoms in total. The molecule has 0 aliphatic carbocycles. The predicted molar refractivity (Wildman–Crippen MR) is 151 cm³/mol. The molecule has 196 valence electrons. The van der Waals surface area contributed by atoms with Gasteiger partial charge < -0.3 is 10.2 Å². The molecule has 0 saturated heterocycles. The molecule has 0 heterocycles. The van der Waals surface area contributed by atoms with Gasteiger partial charge in [0.05, 0.1) is 11.9 Å². The molecular weight excluding hydrogens is 554 g/mol. The monoisotopic (exact) mass is 585 g/mol. The number of sulfonamides is 1. The number of rotatable bonds is 12. The summed E-state index contributed by atoms with van der Waals surface area (Å²) in [5.74, 6) is -0.744. The minimum Gasteiger partial charge on any atom is -0.354 e. The Morgan fingerprint density at radius 1 is 0.892 bits per heavy atom. The van der Waals surface area contributed by atoms with E-state index < -0.39 is 28.5 Å². The number of halogens is 1. The maximum absolute atomic E-state index is 13.9. The Morgan fingerprint density at radius 2 is 1.49 bits per heavy atom. The molecule has 3 aromatic rings. The molecule has 0 spiro atoms. The quantitative estimate of drug-likeness (QED) is 0.342. The molecule has 37 heavy (non-hydrogen) atoms. The van der Waals surface area contributed by atoms with Gasteiger partial charge in [-0.3, -0.25) is 13.9 Å². The lowest BCUT2D eigenvalue weighted by atomic mass is 10.0. The normalized spacial score (nSPS) is 12.0. The highest BCUT2D eigenvalue weighted by Gasteiger charge is 2.32. The first kappa shape index (κ1) is 28.4. The number of hydrogen-bond acceptors (Lipinski definition) is 4. The zero-order valence-corrected chi connectivity index (χ0v) is 23.4. The molecule has 0 radical (unpaired) electrons. The molecular formula is C28H32BrN3O4S. The Labute approximate surface area is 227 Å². The molecule has 0 aromatic heterocycles. The van der Waals surface area contributed by atoms with Crippen LogP contribution in [-0.2, 0) is 32.6 Å². The summed E-state index contributed by atoms with van der Waals surface area (Å²) < 4.78 is 27.4. The van der Waals surface area contributed by atoms with Crippen LogP contribution in [0.5, 0.6) is 0 Å². The van der Waals surface area contributed by atoms with Gasteiger partial charge in [-0.25, -0.2) is 8.42 Å². The summed E-state index contributed by atoms with van der Waals surface area (Å²) in [6, 6.07) is 24.6. The fraction of sp³-hybridized carbons (Fsp3) is 0.286. The summed E-state index contributed by atoms with van der Waals surface area (Å²) in [6.07, 6.45) is 2.12. The molecule has 0 aliphatic heterocycles. The lowest BCUT2D eigenvalue weighted by Crippen LogP contribution is -2.53. The molecule has 1 atom stereocenters. The molecule has 0 aliphatic rings. The highest BCUT2D eigenvalue weighted by atomic mass is 79.9. The van der Waals surface area contributed by atoms with E-state index in [-0.39, 0.29) is 12.5 Å². The summed E-state index contributed by atoms with van der Waals surface area (Å²) in [5.41, 5.74) is 2.11. The zero-order chi connectivity index (χ0) is 26.8. The third-order valence-corrected chi connectivity index (χ3v) is 7.48. The first-order valence-corrected chi connectivity index (χ1v) is 14.7. The standard InChI is InChI=1S/C28H32BrN3O4S/c1-3-18-30-28(34)26(19-22-10-6-4-7-11-22)31(20-23-14-16-24(29)17-15-23)27(33)21-32(37(2,35)36)25-12-8-5-9-13-25/h4-17,26H,3,18-21H2,1-2H3,(H,30,34). The Balaban J connectivity index is 2.01. The zero-order valence-electron chi connectivity index (χ0n) is 21.0. The maximum atomic E-state index is 13.9. The number of benzene rings is 3. The van der Waals surface area contributed by atoms with Crippen molar-refractivity contribution in [2.75, 3.05) is 23.7 Å². The van der Waals surface area contributed by atoms with Gasteiger partial charge in [0.25, 0.3) is 0 Å². The Hall–Kier alpha value is -3.17. The van der Waals surface area contributed by atoms with Crippen LogP contribution in [0.15, 0.2) is 89.4 Å². The average molecular weight is 587 g/mol. The van der Waals surface area contributed by atoms with Crippen LogP contribution in [0.3, 0.4) is 0 Å². The van der Waals surface area contributed by atoms with Crippen LogP contribution >= 0.6 is 15.9 Å². The van der Waals surface area contributed by atoms with E-state index in [1.807, 2.05) is 61.5 Å². The van der Waals surface area contributed by atoms with Gasteiger partial charge in [-0.1, -0.05) is 83.5 Å². The Kier molecular flexibility index (Phi) is 10.3. The maximum Gasteiger partial charge on any atom is 0.244 e. The van der Waals surface area contributed by atoms with Crippen LogP contribution in [-0.4, -0.2) is 50.5 Å². The van der Waals surface area contributed by atoms with Gasteiger partial charge in [0.1, 0.15) is 12.6 Å². The number of para-hydroxylation sites is 1. The van der Waals surface area contributed by atoms with Gasteiger partial charge in [0, 0.05) is 24.0 Å². The number of carbonyl (C=O) groups is 2. The van der Waals surface area contributed by atoms with E-state index in [4.69, 9.17) is 0 Å². The predicted octanol–water partition coefficient (Wildman–Crippen LogP) is 4.38. The fourth-order valence-electron chi connectivity index (χ4n) is 3.91. The molecule has 3 aromatic carbocycles. The van der Waals surface area contributed by atoms with E-state index in [9.17, 15) is 18.0 Å². The number of anilines is 1. The number of nitrogens with one attached hydrogen (secondary N) is 1. The van der Waals surface area contributed by atoms with Gasteiger partial charge >= 0.3 is 0 Å². The van der Waals surface area contributed by atoms with Gasteiger partial charge in [-0.15, -0.1) is 0 Å². The lowest BCUT2D eigenvalue weighted by Gasteiger charge is -2.33. The van der Waals surface area contributed by atoms with Crippen LogP contribution in [0.1, 0.15) is 24.5 Å². The Bertz CT molecular complexity index is 1270. The van der Waals surface area contributed by atoms with Gasteiger partial charge in [-0.05, 0) is 41.8 Å². The minimum absolute atomic E-state index is 0.148.